The zero-order chi connectivity index (χ0) is 13.2. The summed E-state index contributed by atoms with van der Waals surface area (Å²) in [4.78, 5) is 11.9. The fourth-order valence-corrected chi connectivity index (χ4v) is 2.21. The predicted octanol–water partition coefficient (Wildman–Crippen LogP) is 2.80. The molecule has 1 saturated carbocycles. The van der Waals surface area contributed by atoms with Crippen molar-refractivity contribution in [1.29, 1.82) is 0 Å². The molecule has 1 aliphatic rings. The van der Waals surface area contributed by atoms with Gasteiger partial charge in [-0.05, 0) is 51.3 Å². The van der Waals surface area contributed by atoms with Crippen molar-refractivity contribution < 1.29 is 9.53 Å². The minimum Gasteiger partial charge on any atom is -0.462 e. The highest BCUT2D eigenvalue weighted by atomic mass is 16.5. The summed E-state index contributed by atoms with van der Waals surface area (Å²) in [6.07, 6.45) is 3.48. The highest BCUT2D eigenvalue weighted by Crippen LogP contribution is 2.36. The normalized spacial score (nSPS) is 16.8. The molecule has 3 N–H and O–H groups in total. The summed E-state index contributed by atoms with van der Waals surface area (Å²) in [6, 6.07) is 5.32. The maximum Gasteiger partial charge on any atom is 0.340 e. The molecule has 0 saturated heterocycles. The Balaban J connectivity index is 2.25. The molecular weight excluding hydrogens is 228 g/mol. The number of nitrogen functional groups attached to an aromatic ring is 1. The first-order chi connectivity index (χ1) is 8.54. The zero-order valence-corrected chi connectivity index (χ0v) is 11.0. The van der Waals surface area contributed by atoms with E-state index in [0.29, 0.717) is 17.9 Å². The van der Waals surface area contributed by atoms with E-state index in [-0.39, 0.29) is 11.5 Å². The van der Waals surface area contributed by atoms with E-state index >= 15 is 0 Å². The van der Waals surface area contributed by atoms with Gasteiger partial charge in [0.1, 0.15) is 0 Å². The van der Waals surface area contributed by atoms with E-state index in [1.807, 2.05) is 6.07 Å². The molecular formula is C14H20N2O2. The molecule has 1 fully saturated rings. The number of hydrogen-bond acceptors (Lipinski definition) is 4. The molecule has 0 radical (unpaired) electrons. The Morgan fingerprint density at radius 3 is 2.78 bits per heavy atom. The number of anilines is 2. The largest absolute Gasteiger partial charge is 0.462 e. The Hall–Kier alpha value is -1.71. The van der Waals surface area contributed by atoms with Gasteiger partial charge in [-0.1, -0.05) is 0 Å². The molecule has 0 atom stereocenters. The van der Waals surface area contributed by atoms with Gasteiger partial charge in [-0.3, -0.25) is 0 Å². The molecule has 4 heteroatoms. The van der Waals surface area contributed by atoms with Gasteiger partial charge in [0.05, 0.1) is 12.2 Å². The Labute approximate surface area is 108 Å². The van der Waals surface area contributed by atoms with E-state index in [4.69, 9.17) is 10.5 Å². The van der Waals surface area contributed by atoms with Crippen molar-refractivity contribution in [3.05, 3.63) is 23.8 Å². The van der Waals surface area contributed by atoms with Crippen molar-refractivity contribution in [2.45, 2.75) is 38.6 Å². The average molecular weight is 248 g/mol. The van der Waals surface area contributed by atoms with E-state index < -0.39 is 0 Å². The Bertz CT molecular complexity index is 453. The minimum absolute atomic E-state index is 0.0946. The van der Waals surface area contributed by atoms with Gasteiger partial charge in [0, 0.05) is 16.9 Å². The molecule has 0 spiro atoms. The fraction of sp³-hybridized carbons (Fsp3) is 0.500. The van der Waals surface area contributed by atoms with Crippen LogP contribution in [0.25, 0.3) is 0 Å². The molecule has 0 heterocycles. The number of ether oxygens (including phenoxy) is 1. The first-order valence-electron chi connectivity index (χ1n) is 6.39. The molecule has 0 unspecified atom stereocenters. The van der Waals surface area contributed by atoms with Gasteiger partial charge in [0.2, 0.25) is 0 Å². The molecule has 0 aromatic heterocycles. The fourth-order valence-electron chi connectivity index (χ4n) is 2.21. The van der Waals surface area contributed by atoms with Gasteiger partial charge in [-0.2, -0.15) is 0 Å². The summed E-state index contributed by atoms with van der Waals surface area (Å²) >= 11 is 0. The van der Waals surface area contributed by atoms with Crippen LogP contribution in [0.4, 0.5) is 11.4 Å². The average Bonchev–Trinajstić information content (AvgIpc) is 2.29. The molecule has 4 nitrogen and oxygen atoms in total. The molecule has 0 aliphatic heterocycles. The molecule has 1 aromatic rings. The third-order valence-electron chi connectivity index (χ3n) is 3.43. The predicted molar refractivity (Wildman–Crippen MR) is 72.7 cm³/mol. The van der Waals surface area contributed by atoms with Crippen LogP contribution in [0.5, 0.6) is 0 Å². The van der Waals surface area contributed by atoms with Crippen LogP contribution in [-0.2, 0) is 4.74 Å². The topological polar surface area (TPSA) is 64.3 Å². The van der Waals surface area contributed by atoms with Crippen LogP contribution < -0.4 is 11.1 Å². The van der Waals surface area contributed by atoms with Crippen LogP contribution in [0.3, 0.4) is 0 Å². The van der Waals surface area contributed by atoms with E-state index in [2.05, 4.69) is 12.2 Å². The second kappa shape index (κ2) is 4.88. The van der Waals surface area contributed by atoms with Crippen LogP contribution in [0.15, 0.2) is 18.2 Å². The number of esters is 1. The third-order valence-corrected chi connectivity index (χ3v) is 3.43. The summed E-state index contributed by atoms with van der Waals surface area (Å²) < 4.78 is 5.06. The number of rotatable bonds is 4. The summed E-state index contributed by atoms with van der Waals surface area (Å²) in [7, 11) is 0. The minimum atomic E-state index is -0.324. The smallest absolute Gasteiger partial charge is 0.340 e. The van der Waals surface area contributed by atoms with Crippen LogP contribution >= 0.6 is 0 Å². The lowest BCUT2D eigenvalue weighted by atomic mass is 9.78. The van der Waals surface area contributed by atoms with Gasteiger partial charge in [-0.15, -0.1) is 0 Å². The Morgan fingerprint density at radius 2 is 2.22 bits per heavy atom. The summed E-state index contributed by atoms with van der Waals surface area (Å²) in [6.45, 7) is 4.33. The SMILES string of the molecule is CCOC(=O)c1cc(N)ccc1NC1(C)CCC1. The number of benzene rings is 1. The van der Waals surface area contributed by atoms with E-state index in [1.54, 1.807) is 19.1 Å². The van der Waals surface area contributed by atoms with E-state index in [1.165, 1.54) is 6.42 Å². The lowest BCUT2D eigenvalue weighted by Gasteiger charge is -2.40. The van der Waals surface area contributed by atoms with Crippen molar-refractivity contribution in [2.24, 2.45) is 0 Å². The maximum atomic E-state index is 11.9. The van der Waals surface area contributed by atoms with E-state index in [0.717, 1.165) is 18.5 Å². The van der Waals surface area contributed by atoms with Gasteiger partial charge in [0.25, 0.3) is 0 Å². The second-order valence-corrected chi connectivity index (χ2v) is 5.06. The van der Waals surface area contributed by atoms with Crippen molar-refractivity contribution in [3.8, 4) is 0 Å². The Kier molecular flexibility index (Phi) is 3.45. The summed E-state index contributed by atoms with van der Waals surface area (Å²) in [5.41, 5.74) is 7.73. The highest BCUT2D eigenvalue weighted by molar-refractivity contribution is 5.96. The number of nitrogens with one attached hydrogen (secondary N) is 1. The van der Waals surface area contributed by atoms with Crippen molar-refractivity contribution in [2.75, 3.05) is 17.7 Å². The van der Waals surface area contributed by atoms with Gasteiger partial charge < -0.3 is 15.8 Å². The molecule has 98 valence electrons. The molecule has 0 bridgehead atoms. The van der Waals surface area contributed by atoms with Crippen LogP contribution in [-0.4, -0.2) is 18.1 Å². The number of carbonyl (C=O) groups excluding carboxylic acids is 1. The summed E-state index contributed by atoms with van der Waals surface area (Å²) in [5, 5.41) is 3.43. The lowest BCUT2D eigenvalue weighted by Crippen LogP contribution is -2.42. The van der Waals surface area contributed by atoms with Gasteiger partial charge >= 0.3 is 5.97 Å². The van der Waals surface area contributed by atoms with Crippen molar-refractivity contribution in [1.82, 2.24) is 0 Å². The molecule has 2 rings (SSSR count). The van der Waals surface area contributed by atoms with E-state index in [9.17, 15) is 4.79 Å². The number of nitrogens with two attached hydrogens (primary N) is 1. The molecule has 18 heavy (non-hydrogen) atoms. The highest BCUT2D eigenvalue weighted by Gasteiger charge is 2.32. The quantitative estimate of drug-likeness (QED) is 0.635. The summed E-state index contributed by atoms with van der Waals surface area (Å²) in [5.74, 6) is -0.324. The number of carbonyl (C=O) groups is 1. The number of hydrogen-bond donors (Lipinski definition) is 2. The third kappa shape index (κ3) is 2.58. The van der Waals surface area contributed by atoms with Crippen molar-refractivity contribution in [3.63, 3.8) is 0 Å². The van der Waals surface area contributed by atoms with Crippen molar-refractivity contribution >= 4 is 17.3 Å². The monoisotopic (exact) mass is 248 g/mol. The standard InChI is InChI=1S/C14H20N2O2/c1-3-18-13(17)11-9-10(15)5-6-12(11)16-14(2)7-4-8-14/h5-6,9,16H,3-4,7-8,15H2,1-2H3. The molecule has 0 amide bonds. The second-order valence-electron chi connectivity index (χ2n) is 5.06. The van der Waals surface area contributed by atoms with Crippen LogP contribution in [0.2, 0.25) is 0 Å². The Morgan fingerprint density at radius 1 is 1.50 bits per heavy atom. The maximum absolute atomic E-state index is 11.9. The zero-order valence-electron chi connectivity index (χ0n) is 11.0. The first kappa shape index (κ1) is 12.7. The van der Waals surface area contributed by atoms with Crippen LogP contribution in [0.1, 0.15) is 43.5 Å². The first-order valence-corrected chi connectivity index (χ1v) is 6.39. The molecule has 1 aliphatic carbocycles. The van der Waals surface area contributed by atoms with Crippen LogP contribution in [0, 0.1) is 0 Å². The lowest BCUT2D eigenvalue weighted by molar-refractivity contribution is 0.0527. The molecule has 1 aromatic carbocycles. The van der Waals surface area contributed by atoms with Gasteiger partial charge in [-0.25, -0.2) is 4.79 Å². The van der Waals surface area contributed by atoms with Gasteiger partial charge in [0.15, 0.2) is 0 Å².